The Morgan fingerprint density at radius 1 is 0.943 bits per heavy atom. The molecule has 0 atom stereocenters. The van der Waals surface area contributed by atoms with Gasteiger partial charge in [0.05, 0.1) is 40.3 Å². The summed E-state index contributed by atoms with van der Waals surface area (Å²) in [5, 5.41) is 2.82. The average molecular weight is 496 g/mol. The number of nitrogens with zero attached hydrogens (tertiary/aromatic N) is 2. The third kappa shape index (κ3) is 5.07. The van der Waals surface area contributed by atoms with Gasteiger partial charge in [-0.3, -0.25) is 14.2 Å². The highest BCUT2D eigenvalue weighted by Gasteiger charge is 2.15. The molecule has 2 heterocycles. The van der Waals surface area contributed by atoms with Crippen molar-refractivity contribution in [2.24, 2.45) is 0 Å². The summed E-state index contributed by atoms with van der Waals surface area (Å²) in [6, 6.07) is 12.9. The minimum atomic E-state index is -0.336. The number of methoxy groups -OCH3 is 4. The molecular formula is C25H25N3O6S. The van der Waals surface area contributed by atoms with E-state index in [0.29, 0.717) is 33.0 Å². The Morgan fingerprint density at radius 2 is 1.63 bits per heavy atom. The van der Waals surface area contributed by atoms with E-state index in [1.807, 2.05) is 30.3 Å². The van der Waals surface area contributed by atoms with Crippen LogP contribution in [0.2, 0.25) is 0 Å². The van der Waals surface area contributed by atoms with Crippen LogP contribution >= 0.6 is 11.3 Å². The number of aromatic nitrogens is 2. The quantitative estimate of drug-likeness (QED) is 0.379. The summed E-state index contributed by atoms with van der Waals surface area (Å²) >= 11 is 1.34. The van der Waals surface area contributed by atoms with Crippen LogP contribution < -0.4 is 29.8 Å². The molecule has 2 aromatic carbocycles. The van der Waals surface area contributed by atoms with E-state index in [0.717, 1.165) is 16.2 Å². The molecule has 1 amide bonds. The van der Waals surface area contributed by atoms with Crippen LogP contribution in [0.15, 0.2) is 53.6 Å². The fourth-order valence-electron chi connectivity index (χ4n) is 3.59. The van der Waals surface area contributed by atoms with Crippen LogP contribution in [0.1, 0.15) is 5.56 Å². The van der Waals surface area contributed by atoms with Crippen LogP contribution in [0.3, 0.4) is 0 Å². The van der Waals surface area contributed by atoms with Crippen molar-refractivity contribution >= 4 is 27.5 Å². The summed E-state index contributed by atoms with van der Waals surface area (Å²) in [6.45, 7) is 0.0283. The molecule has 4 rings (SSSR count). The first-order valence-corrected chi connectivity index (χ1v) is 11.5. The Labute approximate surface area is 205 Å². The van der Waals surface area contributed by atoms with E-state index in [-0.39, 0.29) is 24.6 Å². The standard InChI is InChI=1S/C25H25N3O6S/c1-31-17-7-5-15(6-8-17)22-10-18-24(35-22)25(30)28(14-27-18)13-23(29)26-12-16-9-20(33-3)21(34-4)11-19(16)32-2/h5-11,14H,12-13H2,1-4H3,(H,26,29). The van der Waals surface area contributed by atoms with Crippen molar-refractivity contribution in [2.45, 2.75) is 13.1 Å². The lowest BCUT2D eigenvalue weighted by Crippen LogP contribution is -2.32. The second-order valence-corrected chi connectivity index (χ2v) is 8.58. The fraction of sp³-hybridized carbons (Fsp3) is 0.240. The maximum Gasteiger partial charge on any atom is 0.271 e. The van der Waals surface area contributed by atoms with E-state index in [4.69, 9.17) is 18.9 Å². The molecule has 1 N–H and O–H groups in total. The zero-order valence-corrected chi connectivity index (χ0v) is 20.6. The van der Waals surface area contributed by atoms with Crippen molar-refractivity contribution in [1.82, 2.24) is 14.9 Å². The number of carbonyl (C=O) groups is 1. The highest BCUT2D eigenvalue weighted by Crippen LogP contribution is 2.34. The number of fused-ring (bicyclic) bond motifs is 1. The van der Waals surface area contributed by atoms with Gasteiger partial charge in [0.25, 0.3) is 5.56 Å². The first kappa shape index (κ1) is 24.1. The summed E-state index contributed by atoms with van der Waals surface area (Å²) in [5.74, 6) is 2.01. The molecule has 35 heavy (non-hydrogen) atoms. The Balaban J connectivity index is 1.50. The second kappa shape index (κ2) is 10.5. The summed E-state index contributed by atoms with van der Waals surface area (Å²) in [4.78, 5) is 30.9. The third-order valence-corrected chi connectivity index (χ3v) is 6.62. The number of benzene rings is 2. The van der Waals surface area contributed by atoms with Gasteiger partial charge in [0, 0.05) is 23.1 Å². The zero-order chi connectivity index (χ0) is 24.9. The van der Waals surface area contributed by atoms with Gasteiger partial charge in [-0.15, -0.1) is 11.3 Å². The highest BCUT2D eigenvalue weighted by molar-refractivity contribution is 7.22. The zero-order valence-electron chi connectivity index (χ0n) is 19.8. The largest absolute Gasteiger partial charge is 0.497 e. The number of hydrogen-bond acceptors (Lipinski definition) is 8. The van der Waals surface area contributed by atoms with Gasteiger partial charge in [0.15, 0.2) is 11.5 Å². The molecule has 0 aliphatic rings. The van der Waals surface area contributed by atoms with Crippen LogP contribution in [0.5, 0.6) is 23.0 Å². The first-order valence-electron chi connectivity index (χ1n) is 10.7. The first-order chi connectivity index (χ1) is 17.0. The number of nitrogens with one attached hydrogen (secondary N) is 1. The van der Waals surface area contributed by atoms with E-state index in [1.54, 1.807) is 19.2 Å². The summed E-state index contributed by atoms with van der Waals surface area (Å²) in [5.41, 5.74) is 2.00. The molecule has 9 nitrogen and oxygen atoms in total. The third-order valence-electron chi connectivity index (χ3n) is 5.45. The van der Waals surface area contributed by atoms with E-state index >= 15 is 0 Å². The molecule has 0 bridgehead atoms. The van der Waals surface area contributed by atoms with Crippen LogP contribution in [-0.4, -0.2) is 43.9 Å². The molecular weight excluding hydrogens is 470 g/mol. The molecule has 0 fully saturated rings. The van der Waals surface area contributed by atoms with E-state index < -0.39 is 0 Å². The van der Waals surface area contributed by atoms with Gasteiger partial charge in [-0.25, -0.2) is 4.98 Å². The Morgan fingerprint density at radius 3 is 2.29 bits per heavy atom. The molecule has 0 spiro atoms. The SMILES string of the molecule is COc1ccc(-c2cc3ncn(CC(=O)NCc4cc(OC)c(OC)cc4OC)c(=O)c3s2)cc1. The number of hydrogen-bond donors (Lipinski definition) is 1. The van der Waals surface area contributed by atoms with Crippen LogP contribution in [0, 0.1) is 0 Å². The minimum Gasteiger partial charge on any atom is -0.497 e. The Hall–Kier alpha value is -4.05. The monoisotopic (exact) mass is 495 g/mol. The molecule has 10 heteroatoms. The van der Waals surface area contributed by atoms with E-state index in [9.17, 15) is 9.59 Å². The van der Waals surface area contributed by atoms with Gasteiger partial charge in [0.1, 0.15) is 22.7 Å². The van der Waals surface area contributed by atoms with Crippen molar-refractivity contribution in [3.05, 3.63) is 64.7 Å². The molecule has 0 unspecified atom stereocenters. The topological polar surface area (TPSA) is 101 Å². The van der Waals surface area contributed by atoms with Crippen molar-refractivity contribution in [3.63, 3.8) is 0 Å². The predicted octanol–water partition coefficient (Wildman–Crippen LogP) is 3.48. The number of carbonyl (C=O) groups excluding carboxylic acids is 1. The van der Waals surface area contributed by atoms with Crippen molar-refractivity contribution in [2.75, 3.05) is 28.4 Å². The summed E-state index contributed by atoms with van der Waals surface area (Å²) in [6.07, 6.45) is 1.39. The molecule has 0 aliphatic carbocycles. The predicted molar refractivity (Wildman–Crippen MR) is 134 cm³/mol. The van der Waals surface area contributed by atoms with Gasteiger partial charge < -0.3 is 24.3 Å². The van der Waals surface area contributed by atoms with Gasteiger partial charge in [-0.05, 0) is 42.0 Å². The van der Waals surface area contributed by atoms with Crippen molar-refractivity contribution in [3.8, 4) is 33.4 Å². The number of ether oxygens (including phenoxy) is 4. The number of thiophene rings is 1. The van der Waals surface area contributed by atoms with E-state index in [1.165, 1.54) is 43.6 Å². The van der Waals surface area contributed by atoms with Gasteiger partial charge in [-0.2, -0.15) is 0 Å². The van der Waals surface area contributed by atoms with Crippen molar-refractivity contribution in [1.29, 1.82) is 0 Å². The molecule has 0 aliphatic heterocycles. The van der Waals surface area contributed by atoms with Crippen LogP contribution in [0.4, 0.5) is 0 Å². The van der Waals surface area contributed by atoms with E-state index in [2.05, 4.69) is 10.3 Å². The normalized spacial score (nSPS) is 10.7. The highest BCUT2D eigenvalue weighted by atomic mass is 32.1. The van der Waals surface area contributed by atoms with Gasteiger partial charge in [-0.1, -0.05) is 0 Å². The molecule has 2 aromatic heterocycles. The van der Waals surface area contributed by atoms with Crippen molar-refractivity contribution < 1.29 is 23.7 Å². The molecule has 0 saturated carbocycles. The smallest absolute Gasteiger partial charge is 0.271 e. The Bertz CT molecular complexity index is 1410. The molecule has 4 aromatic rings. The van der Waals surface area contributed by atoms with Gasteiger partial charge in [0.2, 0.25) is 5.91 Å². The molecule has 0 radical (unpaired) electrons. The lowest BCUT2D eigenvalue weighted by Gasteiger charge is -2.14. The average Bonchev–Trinajstić information content (AvgIpc) is 3.33. The lowest BCUT2D eigenvalue weighted by molar-refractivity contribution is -0.121. The maximum atomic E-state index is 13.0. The van der Waals surface area contributed by atoms with Crippen LogP contribution in [0.25, 0.3) is 20.7 Å². The fourth-order valence-corrected chi connectivity index (χ4v) is 4.66. The summed E-state index contributed by atoms with van der Waals surface area (Å²) in [7, 11) is 6.22. The lowest BCUT2D eigenvalue weighted by atomic mass is 10.1. The molecule has 0 saturated heterocycles. The van der Waals surface area contributed by atoms with Crippen LogP contribution in [-0.2, 0) is 17.9 Å². The Kier molecular flexibility index (Phi) is 7.21. The minimum absolute atomic E-state index is 0.160. The number of amides is 1. The maximum absolute atomic E-state index is 13.0. The molecule has 182 valence electrons. The second-order valence-electron chi connectivity index (χ2n) is 7.53. The van der Waals surface area contributed by atoms with Gasteiger partial charge >= 0.3 is 0 Å². The summed E-state index contributed by atoms with van der Waals surface area (Å²) < 4.78 is 23.0. The number of rotatable bonds is 9.